The molecule has 1 atom stereocenters. The Hall–Kier alpha value is -1.95. The lowest BCUT2D eigenvalue weighted by Gasteiger charge is -2.23. The molecule has 1 saturated heterocycles. The minimum absolute atomic E-state index is 0. The Kier molecular flexibility index (Phi) is 5.21. The fourth-order valence-electron chi connectivity index (χ4n) is 2.01. The summed E-state index contributed by atoms with van der Waals surface area (Å²) in [5, 5.41) is 2.67. The van der Waals surface area contributed by atoms with E-state index in [4.69, 9.17) is 14.2 Å². The maximum Gasteiger partial charge on any atom is 0.408 e. The monoisotopic (exact) mass is 283 g/mol. The van der Waals surface area contributed by atoms with Gasteiger partial charge < -0.3 is 25.0 Å². The van der Waals surface area contributed by atoms with Gasteiger partial charge in [0.05, 0.1) is 20.3 Å². The minimum Gasteiger partial charge on any atom is -0.493 e. The summed E-state index contributed by atoms with van der Waals surface area (Å²) in [7, 11) is 1.60. The van der Waals surface area contributed by atoms with Gasteiger partial charge in [-0.1, -0.05) is 13.0 Å². The molecule has 1 fully saturated rings. The summed E-state index contributed by atoms with van der Waals surface area (Å²) in [6.45, 7) is 4.98. The van der Waals surface area contributed by atoms with Gasteiger partial charge in [0.2, 0.25) is 0 Å². The number of hydrogen-bond donors (Lipinski definition) is 1. The molecule has 6 nitrogen and oxygen atoms in total. The lowest BCUT2D eigenvalue weighted by atomic mass is 9.96. The van der Waals surface area contributed by atoms with E-state index in [0.29, 0.717) is 24.7 Å². The molecule has 1 aliphatic heterocycles. The maximum absolute atomic E-state index is 11.2. The first-order valence-corrected chi connectivity index (χ1v) is 6.37. The molecule has 0 bridgehead atoms. The average molecular weight is 283 g/mol. The van der Waals surface area contributed by atoms with Gasteiger partial charge in [0.15, 0.2) is 17.1 Å². The molecule has 3 N–H and O–H groups in total. The van der Waals surface area contributed by atoms with Gasteiger partial charge in [0.1, 0.15) is 0 Å². The van der Waals surface area contributed by atoms with Gasteiger partial charge in [-0.2, -0.15) is 0 Å². The minimum atomic E-state index is -0.659. The van der Waals surface area contributed by atoms with Crippen LogP contribution in [0.2, 0.25) is 0 Å². The van der Waals surface area contributed by atoms with Gasteiger partial charge in [-0.3, -0.25) is 0 Å². The molecular formula is C14H21NO5. The number of cyclic esters (lactones) is 1. The molecule has 0 aliphatic carbocycles. The summed E-state index contributed by atoms with van der Waals surface area (Å²) in [5.41, 5.74) is 0.228. The fraction of sp³-hybridized carbons (Fsp3) is 0.500. The largest absolute Gasteiger partial charge is 0.493 e. The first-order chi connectivity index (χ1) is 9.09. The Balaban J connectivity index is 0.00000200. The van der Waals surface area contributed by atoms with Gasteiger partial charge in [-0.05, 0) is 25.5 Å². The SMILES string of the molecule is CCCOc1cc([C@]2(C)CNC(=O)O2)ccc1OC.O. The van der Waals surface area contributed by atoms with Gasteiger partial charge >= 0.3 is 6.09 Å². The summed E-state index contributed by atoms with van der Waals surface area (Å²) >= 11 is 0. The van der Waals surface area contributed by atoms with Crippen molar-refractivity contribution in [1.82, 2.24) is 5.32 Å². The topological polar surface area (TPSA) is 88.3 Å². The number of alkyl carbamates (subject to hydrolysis) is 1. The number of amides is 1. The molecule has 2 rings (SSSR count). The summed E-state index contributed by atoms with van der Waals surface area (Å²) in [5.74, 6) is 1.35. The van der Waals surface area contributed by atoms with E-state index >= 15 is 0 Å². The lowest BCUT2D eigenvalue weighted by molar-refractivity contribution is 0.0701. The molecule has 0 saturated carbocycles. The van der Waals surface area contributed by atoms with Crippen molar-refractivity contribution in [2.45, 2.75) is 25.9 Å². The molecular weight excluding hydrogens is 262 g/mol. The molecule has 1 aromatic rings. The van der Waals surface area contributed by atoms with Crippen molar-refractivity contribution in [3.05, 3.63) is 23.8 Å². The Morgan fingerprint density at radius 3 is 2.70 bits per heavy atom. The smallest absolute Gasteiger partial charge is 0.408 e. The number of nitrogens with one attached hydrogen (secondary N) is 1. The van der Waals surface area contributed by atoms with Crippen molar-refractivity contribution >= 4 is 6.09 Å². The van der Waals surface area contributed by atoms with Gasteiger partial charge in [0, 0.05) is 5.56 Å². The molecule has 1 heterocycles. The first kappa shape index (κ1) is 16.1. The van der Waals surface area contributed by atoms with Crippen molar-refractivity contribution in [1.29, 1.82) is 0 Å². The van der Waals surface area contributed by atoms with E-state index in [1.54, 1.807) is 7.11 Å². The van der Waals surface area contributed by atoms with Crippen LogP contribution in [0.3, 0.4) is 0 Å². The van der Waals surface area contributed by atoms with Crippen LogP contribution in [0.1, 0.15) is 25.8 Å². The summed E-state index contributed by atoms with van der Waals surface area (Å²) in [6, 6.07) is 5.59. The summed E-state index contributed by atoms with van der Waals surface area (Å²) in [4.78, 5) is 11.2. The molecule has 0 spiro atoms. The second-order valence-electron chi connectivity index (χ2n) is 4.69. The number of ether oxygens (including phenoxy) is 3. The molecule has 1 aliphatic rings. The zero-order chi connectivity index (χ0) is 13.9. The van der Waals surface area contributed by atoms with E-state index in [0.717, 1.165) is 12.0 Å². The predicted molar refractivity (Wildman–Crippen MR) is 74.2 cm³/mol. The molecule has 112 valence electrons. The van der Waals surface area contributed by atoms with E-state index in [1.807, 2.05) is 32.0 Å². The number of methoxy groups -OCH3 is 1. The number of carbonyl (C=O) groups is 1. The molecule has 0 aromatic heterocycles. The van der Waals surface area contributed by atoms with Crippen LogP contribution < -0.4 is 14.8 Å². The molecule has 0 radical (unpaired) electrons. The lowest BCUT2D eigenvalue weighted by Crippen LogP contribution is -2.26. The number of carbonyl (C=O) groups excluding carboxylic acids is 1. The van der Waals surface area contributed by atoms with Gasteiger partial charge in [-0.15, -0.1) is 0 Å². The Bertz CT molecular complexity index is 477. The van der Waals surface area contributed by atoms with Crippen LogP contribution in [0.15, 0.2) is 18.2 Å². The van der Waals surface area contributed by atoms with Crippen LogP contribution in [0.25, 0.3) is 0 Å². The van der Waals surface area contributed by atoms with Crippen LogP contribution in [0, 0.1) is 0 Å². The zero-order valence-electron chi connectivity index (χ0n) is 12.0. The van der Waals surface area contributed by atoms with Crippen LogP contribution >= 0.6 is 0 Å². The maximum atomic E-state index is 11.2. The number of rotatable bonds is 5. The number of benzene rings is 1. The van der Waals surface area contributed by atoms with Crippen molar-refractivity contribution in [2.24, 2.45) is 0 Å². The van der Waals surface area contributed by atoms with Crippen LogP contribution in [0.4, 0.5) is 4.79 Å². The zero-order valence-corrected chi connectivity index (χ0v) is 12.0. The van der Waals surface area contributed by atoms with Crippen LogP contribution in [-0.2, 0) is 10.3 Å². The Morgan fingerprint density at radius 2 is 2.15 bits per heavy atom. The third kappa shape index (κ3) is 3.14. The van der Waals surface area contributed by atoms with Crippen LogP contribution in [0.5, 0.6) is 11.5 Å². The number of hydrogen-bond acceptors (Lipinski definition) is 4. The molecule has 1 aromatic carbocycles. The van der Waals surface area contributed by atoms with Crippen LogP contribution in [-0.4, -0.2) is 31.8 Å². The second-order valence-corrected chi connectivity index (χ2v) is 4.69. The molecule has 1 amide bonds. The van der Waals surface area contributed by atoms with Gasteiger partial charge in [0.25, 0.3) is 0 Å². The highest BCUT2D eigenvalue weighted by atomic mass is 16.6. The van der Waals surface area contributed by atoms with E-state index in [-0.39, 0.29) is 5.48 Å². The highest BCUT2D eigenvalue weighted by molar-refractivity contribution is 5.70. The van der Waals surface area contributed by atoms with E-state index < -0.39 is 11.7 Å². The standard InChI is InChI=1S/C14H19NO4.H2O/c1-4-7-18-12-8-10(5-6-11(12)17-3)14(2)9-15-13(16)19-14;/h5-6,8H,4,7,9H2,1-3H3,(H,15,16);1H2/t14-;/m0./s1. The third-order valence-electron chi connectivity index (χ3n) is 3.12. The Labute approximate surface area is 118 Å². The van der Waals surface area contributed by atoms with Crippen molar-refractivity contribution in [3.63, 3.8) is 0 Å². The second kappa shape index (κ2) is 6.47. The molecule has 0 unspecified atom stereocenters. The summed E-state index contributed by atoms with van der Waals surface area (Å²) < 4.78 is 16.3. The first-order valence-electron chi connectivity index (χ1n) is 6.37. The third-order valence-corrected chi connectivity index (χ3v) is 3.12. The normalized spacial score (nSPS) is 20.6. The fourth-order valence-corrected chi connectivity index (χ4v) is 2.01. The quantitative estimate of drug-likeness (QED) is 0.889. The predicted octanol–water partition coefficient (Wildman–Crippen LogP) is 1.61. The van der Waals surface area contributed by atoms with Crippen molar-refractivity contribution in [2.75, 3.05) is 20.3 Å². The van der Waals surface area contributed by atoms with E-state index in [2.05, 4.69) is 5.32 Å². The van der Waals surface area contributed by atoms with Crippen molar-refractivity contribution < 1.29 is 24.5 Å². The van der Waals surface area contributed by atoms with E-state index in [1.165, 1.54) is 0 Å². The summed E-state index contributed by atoms with van der Waals surface area (Å²) in [6.07, 6.45) is 0.524. The highest BCUT2D eigenvalue weighted by Gasteiger charge is 2.37. The van der Waals surface area contributed by atoms with Crippen molar-refractivity contribution in [3.8, 4) is 11.5 Å². The highest BCUT2D eigenvalue weighted by Crippen LogP contribution is 2.35. The van der Waals surface area contributed by atoms with Gasteiger partial charge in [-0.25, -0.2) is 4.79 Å². The Morgan fingerprint density at radius 1 is 1.40 bits per heavy atom. The average Bonchev–Trinajstić information content (AvgIpc) is 2.77. The van der Waals surface area contributed by atoms with E-state index in [9.17, 15) is 4.79 Å². The molecule has 20 heavy (non-hydrogen) atoms. The molecule has 6 heteroatoms.